The summed E-state index contributed by atoms with van der Waals surface area (Å²) in [6.45, 7) is -0.427. The molecule has 11 heteroatoms. The second-order valence-electron chi connectivity index (χ2n) is 7.27. The Morgan fingerprint density at radius 2 is 1.68 bits per heavy atom. The Morgan fingerprint density at radius 1 is 1.03 bits per heavy atom. The monoisotopic (exact) mass is 512 g/mol. The number of anilines is 2. The molecule has 0 aromatic heterocycles. The molecule has 3 rings (SSSR count). The highest BCUT2D eigenvalue weighted by Crippen LogP contribution is 2.36. The fraction of sp³-hybridized carbons (Fsp3) is 0.174. The van der Waals surface area contributed by atoms with Gasteiger partial charge >= 0.3 is 6.18 Å². The highest BCUT2D eigenvalue weighted by Gasteiger charge is 2.34. The molecular formula is C23H20ClF3N2O4S. The summed E-state index contributed by atoms with van der Waals surface area (Å²) in [5.74, 6) is -0.571. The van der Waals surface area contributed by atoms with Crippen LogP contribution in [0.15, 0.2) is 72.8 Å². The zero-order valence-corrected chi connectivity index (χ0v) is 19.4. The molecule has 0 radical (unpaired) electrons. The van der Waals surface area contributed by atoms with Gasteiger partial charge in [-0.1, -0.05) is 41.9 Å². The van der Waals surface area contributed by atoms with Crippen LogP contribution in [0.1, 0.15) is 11.1 Å². The Balaban J connectivity index is 1.66. The molecule has 0 aliphatic rings. The summed E-state index contributed by atoms with van der Waals surface area (Å²) in [6.07, 6.45) is -3.61. The van der Waals surface area contributed by atoms with Gasteiger partial charge in [-0.25, -0.2) is 8.42 Å². The maximum atomic E-state index is 13.2. The molecule has 0 bridgehead atoms. The van der Waals surface area contributed by atoms with Crippen molar-refractivity contribution in [2.45, 2.75) is 12.7 Å². The zero-order valence-electron chi connectivity index (χ0n) is 17.8. The lowest BCUT2D eigenvalue weighted by Crippen LogP contribution is -2.29. The van der Waals surface area contributed by atoms with Gasteiger partial charge in [-0.2, -0.15) is 13.2 Å². The largest absolute Gasteiger partial charge is 0.484 e. The summed E-state index contributed by atoms with van der Waals surface area (Å²) in [5.41, 5.74) is -0.327. The van der Waals surface area contributed by atoms with Crippen molar-refractivity contribution in [2.24, 2.45) is 0 Å². The average molecular weight is 513 g/mol. The van der Waals surface area contributed by atoms with Gasteiger partial charge in [0.05, 0.1) is 29.7 Å². The van der Waals surface area contributed by atoms with E-state index in [0.717, 1.165) is 24.0 Å². The molecular weight excluding hydrogens is 493 g/mol. The SMILES string of the molecule is CS(=O)(=O)N(Cc1ccccc1)c1ccc(OCC(=O)Nc2ccc(Cl)cc2C(F)(F)F)cc1. The number of nitrogens with one attached hydrogen (secondary N) is 1. The van der Waals surface area contributed by atoms with E-state index < -0.39 is 40.0 Å². The molecule has 0 fully saturated rings. The lowest BCUT2D eigenvalue weighted by molar-refractivity contribution is -0.137. The molecule has 3 aromatic rings. The molecule has 3 aromatic carbocycles. The van der Waals surface area contributed by atoms with Crippen LogP contribution in [-0.4, -0.2) is 27.2 Å². The molecule has 0 unspecified atom stereocenters. The second-order valence-corrected chi connectivity index (χ2v) is 9.62. The van der Waals surface area contributed by atoms with Crippen molar-refractivity contribution in [1.29, 1.82) is 0 Å². The number of nitrogens with zero attached hydrogens (tertiary/aromatic N) is 1. The van der Waals surface area contributed by atoms with Crippen LogP contribution in [0.5, 0.6) is 5.75 Å². The summed E-state index contributed by atoms with van der Waals surface area (Å²) in [4.78, 5) is 12.1. The molecule has 1 amide bonds. The van der Waals surface area contributed by atoms with Crippen LogP contribution < -0.4 is 14.4 Å². The number of ether oxygens (including phenoxy) is 1. The zero-order chi connectivity index (χ0) is 24.9. The lowest BCUT2D eigenvalue weighted by atomic mass is 10.1. The lowest BCUT2D eigenvalue weighted by Gasteiger charge is -2.22. The van der Waals surface area contributed by atoms with E-state index in [2.05, 4.69) is 5.32 Å². The Labute approximate surface area is 200 Å². The van der Waals surface area contributed by atoms with E-state index in [0.29, 0.717) is 5.69 Å². The van der Waals surface area contributed by atoms with Gasteiger partial charge in [0.2, 0.25) is 10.0 Å². The van der Waals surface area contributed by atoms with E-state index >= 15 is 0 Å². The number of carbonyl (C=O) groups excluding carboxylic acids is 1. The quantitative estimate of drug-likeness (QED) is 0.442. The highest BCUT2D eigenvalue weighted by molar-refractivity contribution is 7.92. The third kappa shape index (κ3) is 6.88. The summed E-state index contributed by atoms with van der Waals surface area (Å²) in [6, 6.07) is 18.0. The maximum Gasteiger partial charge on any atom is 0.418 e. The van der Waals surface area contributed by atoms with Crippen LogP contribution in [0.3, 0.4) is 0 Å². The summed E-state index contributed by atoms with van der Waals surface area (Å²) in [5, 5.41) is 2.05. The van der Waals surface area contributed by atoms with Crippen LogP contribution >= 0.6 is 11.6 Å². The predicted octanol–water partition coefficient (Wildman–Crippen LogP) is 5.34. The number of hydrogen-bond acceptors (Lipinski definition) is 4. The van der Waals surface area contributed by atoms with Crippen molar-refractivity contribution in [3.8, 4) is 5.75 Å². The molecule has 0 saturated carbocycles. The van der Waals surface area contributed by atoms with Gasteiger partial charge in [-0.15, -0.1) is 0 Å². The standard InChI is InChI=1S/C23H20ClF3N2O4S/c1-34(31,32)29(14-16-5-3-2-4-6-16)18-8-10-19(11-9-18)33-15-22(30)28-21-12-7-17(24)13-20(21)23(25,26)27/h2-13H,14-15H2,1H3,(H,28,30). The van der Waals surface area contributed by atoms with Crippen LogP contribution in [0.2, 0.25) is 5.02 Å². The maximum absolute atomic E-state index is 13.2. The average Bonchev–Trinajstić information content (AvgIpc) is 2.77. The fourth-order valence-electron chi connectivity index (χ4n) is 3.05. The Morgan fingerprint density at radius 3 is 2.26 bits per heavy atom. The number of benzene rings is 3. The van der Waals surface area contributed by atoms with Crippen molar-refractivity contribution in [1.82, 2.24) is 0 Å². The smallest absolute Gasteiger partial charge is 0.418 e. The van der Waals surface area contributed by atoms with Crippen LogP contribution in [-0.2, 0) is 27.5 Å². The molecule has 0 heterocycles. The molecule has 1 N–H and O–H groups in total. The number of alkyl halides is 3. The van der Waals surface area contributed by atoms with Gasteiger partial charge in [0.15, 0.2) is 6.61 Å². The van der Waals surface area contributed by atoms with Gasteiger partial charge in [0, 0.05) is 5.02 Å². The topological polar surface area (TPSA) is 75.7 Å². The Hall–Kier alpha value is -3.24. The van der Waals surface area contributed by atoms with Crippen LogP contribution in [0.25, 0.3) is 0 Å². The summed E-state index contributed by atoms with van der Waals surface area (Å²) >= 11 is 5.63. The van der Waals surface area contributed by atoms with Crippen molar-refractivity contribution < 1.29 is 31.1 Å². The van der Waals surface area contributed by atoms with Crippen LogP contribution in [0, 0.1) is 0 Å². The van der Waals surface area contributed by atoms with Gasteiger partial charge in [0.25, 0.3) is 5.91 Å². The van der Waals surface area contributed by atoms with E-state index in [-0.39, 0.29) is 17.3 Å². The van der Waals surface area contributed by atoms with Gasteiger partial charge in [-0.3, -0.25) is 9.10 Å². The number of hydrogen-bond donors (Lipinski definition) is 1. The molecule has 6 nitrogen and oxygen atoms in total. The van der Waals surface area contributed by atoms with Gasteiger partial charge < -0.3 is 10.1 Å². The third-order valence-corrected chi connectivity index (χ3v) is 6.00. The number of halogens is 4. The minimum absolute atomic E-state index is 0.114. The number of sulfonamides is 1. The van der Waals surface area contributed by atoms with E-state index in [9.17, 15) is 26.4 Å². The first-order valence-electron chi connectivity index (χ1n) is 9.84. The molecule has 34 heavy (non-hydrogen) atoms. The third-order valence-electron chi connectivity index (χ3n) is 4.63. The Kier molecular flexibility index (Phi) is 7.73. The van der Waals surface area contributed by atoms with E-state index in [1.54, 1.807) is 24.3 Å². The first-order chi connectivity index (χ1) is 15.9. The molecule has 0 aliphatic carbocycles. The van der Waals surface area contributed by atoms with Gasteiger partial charge in [-0.05, 0) is 48.0 Å². The minimum Gasteiger partial charge on any atom is -0.484 e. The molecule has 0 saturated heterocycles. The van der Waals surface area contributed by atoms with E-state index in [1.165, 1.54) is 34.6 Å². The Bertz CT molecular complexity index is 1250. The van der Waals surface area contributed by atoms with E-state index in [4.69, 9.17) is 16.3 Å². The number of amides is 1. The van der Waals surface area contributed by atoms with Crippen molar-refractivity contribution in [3.05, 3.63) is 88.9 Å². The number of carbonyl (C=O) groups is 1. The van der Waals surface area contributed by atoms with E-state index in [1.807, 2.05) is 6.07 Å². The number of rotatable bonds is 8. The summed E-state index contributed by atoms with van der Waals surface area (Å²) < 4.78 is 70.6. The van der Waals surface area contributed by atoms with Crippen LogP contribution in [0.4, 0.5) is 24.5 Å². The molecule has 0 atom stereocenters. The fourth-order valence-corrected chi connectivity index (χ4v) is 4.11. The molecule has 0 spiro atoms. The first-order valence-corrected chi connectivity index (χ1v) is 12.1. The molecule has 0 aliphatic heterocycles. The molecule has 180 valence electrons. The minimum atomic E-state index is -4.70. The second kappa shape index (κ2) is 10.4. The summed E-state index contributed by atoms with van der Waals surface area (Å²) in [7, 11) is -3.58. The van der Waals surface area contributed by atoms with Crippen molar-refractivity contribution >= 4 is 38.9 Å². The van der Waals surface area contributed by atoms with Crippen molar-refractivity contribution in [3.63, 3.8) is 0 Å². The van der Waals surface area contributed by atoms with Crippen molar-refractivity contribution in [2.75, 3.05) is 22.5 Å². The predicted molar refractivity (Wildman–Crippen MR) is 124 cm³/mol. The normalized spacial score (nSPS) is 11.7. The first kappa shape index (κ1) is 25.4. The highest BCUT2D eigenvalue weighted by atomic mass is 35.5. The van der Waals surface area contributed by atoms with Gasteiger partial charge in [0.1, 0.15) is 5.75 Å².